The predicted molar refractivity (Wildman–Crippen MR) is 151 cm³/mol. The van der Waals surface area contributed by atoms with Crippen LogP contribution in [-0.4, -0.2) is 67.6 Å². The Morgan fingerprint density at radius 2 is 1.93 bits per heavy atom. The van der Waals surface area contributed by atoms with Crippen molar-refractivity contribution in [2.24, 2.45) is 11.8 Å². The van der Waals surface area contributed by atoms with E-state index in [1.165, 1.54) is 11.1 Å². The average Bonchev–Trinajstić information content (AvgIpc) is 3.49. The smallest absolute Gasteiger partial charge is 0.293 e. The molecule has 7 nitrogen and oxygen atoms in total. The van der Waals surface area contributed by atoms with E-state index >= 15 is 0 Å². The predicted octanol–water partition coefficient (Wildman–Crippen LogP) is 4.96. The quantitative estimate of drug-likeness (QED) is 0.337. The van der Waals surface area contributed by atoms with Gasteiger partial charge in [-0.3, -0.25) is 9.28 Å². The number of piperidine rings is 2. The van der Waals surface area contributed by atoms with E-state index in [4.69, 9.17) is 14.2 Å². The zero-order chi connectivity index (χ0) is 27.4. The average molecular weight is 542 g/mol. The van der Waals surface area contributed by atoms with Crippen molar-refractivity contribution in [3.05, 3.63) is 71.1 Å². The maximum absolute atomic E-state index is 14.0. The number of methoxy groups -OCH3 is 2. The highest BCUT2D eigenvalue weighted by Gasteiger charge is 2.77. The number of carbonyl (C=O) groups excluding carboxylic acids is 1. The van der Waals surface area contributed by atoms with Crippen LogP contribution in [0.4, 0.5) is 5.69 Å². The van der Waals surface area contributed by atoms with Gasteiger partial charge in [-0.1, -0.05) is 36.4 Å². The van der Waals surface area contributed by atoms with Gasteiger partial charge >= 0.3 is 0 Å². The number of aliphatic hydroxyl groups excluding tert-OH is 1. The molecule has 0 radical (unpaired) electrons. The van der Waals surface area contributed by atoms with Crippen molar-refractivity contribution in [1.29, 1.82) is 0 Å². The molecule has 8 rings (SSSR count). The van der Waals surface area contributed by atoms with Crippen molar-refractivity contribution in [1.82, 2.24) is 0 Å². The van der Waals surface area contributed by atoms with Crippen molar-refractivity contribution in [2.75, 3.05) is 38.8 Å². The first kappa shape index (κ1) is 24.5. The highest BCUT2D eigenvalue weighted by Crippen LogP contribution is 2.69. The summed E-state index contributed by atoms with van der Waals surface area (Å²) in [6.07, 6.45) is 5.46. The Morgan fingerprint density at radius 3 is 2.70 bits per heavy atom. The Bertz CT molecular complexity index is 1480. The van der Waals surface area contributed by atoms with Crippen LogP contribution in [0, 0.1) is 11.8 Å². The first-order valence-electron chi connectivity index (χ1n) is 14.7. The van der Waals surface area contributed by atoms with Crippen LogP contribution in [0.3, 0.4) is 0 Å². The van der Waals surface area contributed by atoms with Crippen LogP contribution in [-0.2, 0) is 14.9 Å². The topological polar surface area (TPSA) is 68.2 Å². The number of ether oxygens (including phenoxy) is 3. The minimum absolute atomic E-state index is 0.0130. The van der Waals surface area contributed by atoms with Gasteiger partial charge in [0.1, 0.15) is 12.6 Å². The van der Waals surface area contributed by atoms with E-state index in [0.717, 1.165) is 49.2 Å². The lowest BCUT2D eigenvalue weighted by Gasteiger charge is -2.60. The lowest BCUT2D eigenvalue weighted by Crippen LogP contribution is -2.73. The highest BCUT2D eigenvalue weighted by atomic mass is 16.5. The van der Waals surface area contributed by atoms with Gasteiger partial charge in [0.25, 0.3) is 5.88 Å². The standard InChI is InChI=1S/C33H36N2O5/c1-19(20-8-5-4-6-9-20)32(37)35-12-11-33-23-15-25(38-2)26(39-3)16-24(23)34-29(36)17-27-30(31(33)34)22(14-28(33)35)21(18-35)10-7-13-40-27/h4-6,8-10,15-16,22,27-28,30-31H,7,11-14,17-18H2,1-3H3/p+1/b21-10-,32-19-/t22-,27-,28-,30-,31-,33+,35?/m0/s1. The number of fused-ring (bicyclic) bond motifs is 2. The third-order valence-corrected chi connectivity index (χ3v) is 11.3. The van der Waals surface area contributed by atoms with Gasteiger partial charge in [-0.25, -0.2) is 0 Å². The van der Waals surface area contributed by atoms with E-state index in [0.29, 0.717) is 40.8 Å². The minimum Gasteiger partial charge on any atom is -0.493 e. The molecule has 0 aromatic heterocycles. The van der Waals surface area contributed by atoms with E-state index < -0.39 is 0 Å². The van der Waals surface area contributed by atoms with Crippen LogP contribution in [0.2, 0.25) is 0 Å². The number of rotatable bonds is 4. The summed E-state index contributed by atoms with van der Waals surface area (Å²) in [6, 6.07) is 14.5. The number of amides is 1. The number of carbonyl (C=O) groups is 1. The van der Waals surface area contributed by atoms with Gasteiger partial charge in [-0.2, -0.15) is 0 Å². The van der Waals surface area contributed by atoms with Crippen LogP contribution in [0.25, 0.3) is 5.57 Å². The summed E-state index contributed by atoms with van der Waals surface area (Å²) in [7, 11) is 3.33. The van der Waals surface area contributed by atoms with Crippen LogP contribution in [0.1, 0.15) is 43.7 Å². The molecule has 2 aromatic rings. The van der Waals surface area contributed by atoms with E-state index in [2.05, 4.69) is 36.1 Å². The van der Waals surface area contributed by atoms with Crippen molar-refractivity contribution in [3.8, 4) is 11.5 Å². The fourth-order valence-electron chi connectivity index (χ4n) is 9.85. The number of quaternary nitrogens is 1. The number of allylic oxidation sites excluding steroid dienone is 1. The van der Waals surface area contributed by atoms with Crippen molar-refractivity contribution < 1.29 is 28.6 Å². The third-order valence-electron chi connectivity index (χ3n) is 11.3. The minimum atomic E-state index is -0.302. The Morgan fingerprint density at radius 1 is 1.15 bits per heavy atom. The molecule has 2 bridgehead atoms. The zero-order valence-electron chi connectivity index (χ0n) is 23.4. The molecule has 1 saturated carbocycles. The molecule has 1 spiro atoms. The van der Waals surface area contributed by atoms with E-state index in [9.17, 15) is 9.90 Å². The molecule has 208 valence electrons. The largest absolute Gasteiger partial charge is 0.493 e. The summed E-state index contributed by atoms with van der Waals surface area (Å²) in [5.74, 6) is 2.52. The molecule has 1 unspecified atom stereocenters. The van der Waals surface area contributed by atoms with Gasteiger partial charge in [0.05, 0.1) is 62.6 Å². The highest BCUT2D eigenvalue weighted by molar-refractivity contribution is 5.99. The molecule has 7 heteroatoms. The van der Waals surface area contributed by atoms with Gasteiger partial charge < -0.3 is 24.2 Å². The molecule has 4 fully saturated rings. The van der Waals surface area contributed by atoms with Gasteiger partial charge in [0, 0.05) is 24.8 Å². The summed E-state index contributed by atoms with van der Waals surface area (Å²) >= 11 is 0. The molecule has 5 aliphatic heterocycles. The second kappa shape index (κ2) is 8.37. The van der Waals surface area contributed by atoms with Crippen molar-refractivity contribution in [3.63, 3.8) is 0 Å². The lowest BCUT2D eigenvalue weighted by molar-refractivity contribution is -0.920. The Kier molecular flexibility index (Phi) is 5.12. The summed E-state index contributed by atoms with van der Waals surface area (Å²) in [5, 5.41) is 12.3. The summed E-state index contributed by atoms with van der Waals surface area (Å²) in [4.78, 5) is 16.1. The second-order valence-electron chi connectivity index (χ2n) is 12.6. The molecule has 6 aliphatic rings. The van der Waals surface area contributed by atoms with Gasteiger partial charge in [0.2, 0.25) is 5.91 Å². The SMILES string of the molecule is COc1cc2c(cc1OC)[C@@]13CC[N+]4(/C(O)=C(\C)c5ccccc5)C/C5=C/CCO[C@H]6CC(=O)N2[C@H]1[C@H]6[C@H]5C[C@@H]34. The molecule has 1 aliphatic carbocycles. The monoisotopic (exact) mass is 541 g/mol. The molecule has 3 saturated heterocycles. The molecule has 1 N–H and O–H groups in total. The number of aliphatic hydroxyl groups is 1. The molecular formula is C33H37N2O5+. The zero-order valence-corrected chi connectivity index (χ0v) is 23.4. The van der Waals surface area contributed by atoms with Gasteiger partial charge in [0.15, 0.2) is 11.5 Å². The summed E-state index contributed by atoms with van der Waals surface area (Å²) in [6.45, 7) is 4.34. The first-order chi connectivity index (χ1) is 19.4. The van der Waals surface area contributed by atoms with E-state index in [-0.39, 0.29) is 35.4 Å². The number of hydrogen-bond donors (Lipinski definition) is 1. The van der Waals surface area contributed by atoms with E-state index in [1.807, 2.05) is 24.3 Å². The second-order valence-corrected chi connectivity index (χ2v) is 12.6. The molecule has 40 heavy (non-hydrogen) atoms. The number of hydrogen-bond acceptors (Lipinski definition) is 5. The number of benzene rings is 2. The normalized spacial score (nSPS) is 38.5. The fourth-order valence-corrected chi connectivity index (χ4v) is 9.85. The fraction of sp³-hybridized carbons (Fsp3) is 0.485. The molecule has 7 atom stereocenters. The molecule has 1 amide bonds. The first-order valence-corrected chi connectivity index (χ1v) is 14.7. The van der Waals surface area contributed by atoms with E-state index in [1.54, 1.807) is 14.2 Å². The third kappa shape index (κ3) is 2.85. The van der Waals surface area contributed by atoms with Crippen LogP contribution in [0.15, 0.2) is 60.0 Å². The summed E-state index contributed by atoms with van der Waals surface area (Å²) < 4.78 is 18.6. The van der Waals surface area contributed by atoms with Crippen molar-refractivity contribution in [2.45, 2.75) is 56.2 Å². The van der Waals surface area contributed by atoms with Crippen LogP contribution >= 0.6 is 0 Å². The van der Waals surface area contributed by atoms with Crippen LogP contribution < -0.4 is 14.4 Å². The Labute approximate surface area is 235 Å². The van der Waals surface area contributed by atoms with Crippen molar-refractivity contribution >= 4 is 17.2 Å². The van der Waals surface area contributed by atoms with Crippen LogP contribution in [0.5, 0.6) is 11.5 Å². The van der Waals surface area contributed by atoms with Gasteiger partial charge in [-0.05, 0) is 42.0 Å². The summed E-state index contributed by atoms with van der Waals surface area (Å²) in [5.41, 5.74) is 5.26. The Balaban J connectivity index is 1.40. The maximum atomic E-state index is 14.0. The molecule has 5 heterocycles. The maximum Gasteiger partial charge on any atom is 0.293 e. The number of anilines is 1. The van der Waals surface area contributed by atoms with Gasteiger partial charge in [-0.15, -0.1) is 0 Å². The molecular weight excluding hydrogens is 504 g/mol. The number of nitrogens with zero attached hydrogens (tertiary/aromatic N) is 2. The molecule has 2 aromatic carbocycles. The lowest BCUT2D eigenvalue weighted by atomic mass is 9.53. The Hall–Kier alpha value is -3.29.